The third-order valence-electron chi connectivity index (χ3n) is 4.27. The highest BCUT2D eigenvalue weighted by Gasteiger charge is 2.21. The van der Waals surface area contributed by atoms with Crippen LogP contribution in [0, 0.1) is 0 Å². The van der Waals surface area contributed by atoms with Crippen LogP contribution in [0.5, 0.6) is 17.2 Å². The lowest BCUT2D eigenvalue weighted by Crippen LogP contribution is -2.16. The van der Waals surface area contributed by atoms with E-state index in [1.54, 1.807) is 6.07 Å². The van der Waals surface area contributed by atoms with Crippen molar-refractivity contribution in [2.75, 3.05) is 32.8 Å². The molecule has 162 valence electrons. The molecule has 0 aliphatic carbocycles. The van der Waals surface area contributed by atoms with E-state index in [4.69, 9.17) is 23.4 Å². The Morgan fingerprint density at radius 2 is 1.68 bits per heavy atom. The highest BCUT2D eigenvalue weighted by atomic mass is 16.5. The molecule has 1 amide bonds. The van der Waals surface area contributed by atoms with Crippen LogP contribution in [0.2, 0.25) is 0 Å². The van der Waals surface area contributed by atoms with E-state index in [0.717, 1.165) is 5.75 Å². The van der Waals surface area contributed by atoms with Gasteiger partial charge in [0, 0.05) is 18.6 Å². The van der Waals surface area contributed by atoms with E-state index in [9.17, 15) is 9.59 Å². The summed E-state index contributed by atoms with van der Waals surface area (Å²) in [6.07, 6.45) is 1.89. The fraction of sp³-hybridized carbons (Fsp3) is 0.217. The second kappa shape index (κ2) is 10.7. The number of ether oxygens (including phenoxy) is 4. The van der Waals surface area contributed by atoms with E-state index >= 15 is 0 Å². The number of furan rings is 1. The molecule has 0 unspecified atom stereocenters. The summed E-state index contributed by atoms with van der Waals surface area (Å²) in [6, 6.07) is 15.4. The van der Waals surface area contributed by atoms with Gasteiger partial charge in [0.05, 0.1) is 44.9 Å². The van der Waals surface area contributed by atoms with Crippen molar-refractivity contribution in [3.63, 3.8) is 0 Å². The van der Waals surface area contributed by atoms with Crippen molar-refractivity contribution in [1.29, 1.82) is 0 Å². The van der Waals surface area contributed by atoms with Gasteiger partial charge >= 0.3 is 5.97 Å². The van der Waals surface area contributed by atoms with Crippen molar-refractivity contribution >= 4 is 17.6 Å². The summed E-state index contributed by atoms with van der Waals surface area (Å²) in [5.41, 5.74) is 0.339. The van der Waals surface area contributed by atoms with Gasteiger partial charge in [-0.05, 0) is 24.3 Å². The first-order valence-electron chi connectivity index (χ1n) is 9.58. The van der Waals surface area contributed by atoms with E-state index in [2.05, 4.69) is 5.32 Å². The summed E-state index contributed by atoms with van der Waals surface area (Å²) in [7, 11) is 2.91. The van der Waals surface area contributed by atoms with Crippen molar-refractivity contribution in [2.45, 2.75) is 6.42 Å². The fourth-order valence-corrected chi connectivity index (χ4v) is 2.75. The highest BCUT2D eigenvalue weighted by Crippen LogP contribution is 2.34. The summed E-state index contributed by atoms with van der Waals surface area (Å²) in [5.74, 6) is 0.407. The van der Waals surface area contributed by atoms with Crippen LogP contribution in [-0.2, 0) is 4.74 Å². The van der Waals surface area contributed by atoms with Crippen molar-refractivity contribution in [3.8, 4) is 17.2 Å². The van der Waals surface area contributed by atoms with E-state index in [0.29, 0.717) is 24.5 Å². The number of hydrogen-bond acceptors (Lipinski definition) is 7. The number of amides is 1. The molecule has 0 fully saturated rings. The van der Waals surface area contributed by atoms with E-state index < -0.39 is 11.9 Å². The topological polar surface area (TPSA) is 96.2 Å². The molecule has 1 heterocycles. The van der Waals surface area contributed by atoms with Gasteiger partial charge in [0.25, 0.3) is 5.91 Å². The van der Waals surface area contributed by atoms with Gasteiger partial charge in [0.15, 0.2) is 17.3 Å². The van der Waals surface area contributed by atoms with Gasteiger partial charge in [0.2, 0.25) is 0 Å². The molecule has 0 aliphatic rings. The second-order valence-corrected chi connectivity index (χ2v) is 6.34. The number of anilines is 1. The van der Waals surface area contributed by atoms with Crippen LogP contribution >= 0.6 is 0 Å². The van der Waals surface area contributed by atoms with Gasteiger partial charge in [-0.15, -0.1) is 0 Å². The maximum Gasteiger partial charge on any atom is 0.340 e. The van der Waals surface area contributed by atoms with Crippen molar-refractivity contribution in [1.82, 2.24) is 0 Å². The minimum absolute atomic E-state index is 0.104. The molecule has 0 radical (unpaired) electrons. The zero-order valence-electron chi connectivity index (χ0n) is 17.3. The van der Waals surface area contributed by atoms with Gasteiger partial charge in [-0.25, -0.2) is 4.79 Å². The number of hydrogen-bond donors (Lipinski definition) is 1. The molecule has 0 saturated heterocycles. The minimum atomic E-state index is -0.615. The predicted molar refractivity (Wildman–Crippen MR) is 113 cm³/mol. The molecule has 2 aromatic carbocycles. The smallest absolute Gasteiger partial charge is 0.340 e. The monoisotopic (exact) mass is 425 g/mol. The lowest BCUT2D eigenvalue weighted by Gasteiger charge is -2.15. The van der Waals surface area contributed by atoms with Crippen LogP contribution in [0.25, 0.3) is 0 Å². The fourth-order valence-electron chi connectivity index (χ4n) is 2.75. The van der Waals surface area contributed by atoms with Gasteiger partial charge in [0.1, 0.15) is 5.75 Å². The average molecular weight is 425 g/mol. The Balaban J connectivity index is 1.66. The molecular formula is C23H23NO7. The summed E-state index contributed by atoms with van der Waals surface area (Å²) in [4.78, 5) is 25.1. The van der Waals surface area contributed by atoms with Crippen molar-refractivity contribution in [3.05, 3.63) is 72.2 Å². The van der Waals surface area contributed by atoms with Crippen LogP contribution in [0.4, 0.5) is 5.69 Å². The molecule has 8 heteroatoms. The third kappa shape index (κ3) is 5.79. The van der Waals surface area contributed by atoms with E-state index in [1.807, 2.05) is 30.3 Å². The number of benzene rings is 2. The standard InChI is InChI=1S/C23H23NO7/c1-27-20-14-17(23(26)31-13-7-12-29-16-8-4-3-5-9-16)18(15-21(20)28-2)24-22(25)19-10-6-11-30-19/h3-6,8-11,14-15H,7,12-13H2,1-2H3,(H,24,25). The summed E-state index contributed by atoms with van der Waals surface area (Å²) >= 11 is 0. The molecule has 0 aliphatic heterocycles. The Labute approximate surface area is 179 Å². The minimum Gasteiger partial charge on any atom is -0.493 e. The SMILES string of the molecule is COc1cc(NC(=O)c2ccco2)c(C(=O)OCCCOc2ccccc2)cc1OC. The Morgan fingerprint density at radius 3 is 2.35 bits per heavy atom. The summed E-state index contributed by atoms with van der Waals surface area (Å²) < 4.78 is 26.6. The number of rotatable bonds is 10. The van der Waals surface area contributed by atoms with E-state index in [1.165, 1.54) is 38.7 Å². The molecule has 0 saturated carbocycles. The number of para-hydroxylation sites is 1. The Morgan fingerprint density at radius 1 is 0.935 bits per heavy atom. The van der Waals surface area contributed by atoms with E-state index in [-0.39, 0.29) is 23.6 Å². The highest BCUT2D eigenvalue weighted by molar-refractivity contribution is 6.07. The molecule has 1 N–H and O–H groups in total. The normalized spacial score (nSPS) is 10.3. The average Bonchev–Trinajstić information content (AvgIpc) is 3.34. The second-order valence-electron chi connectivity index (χ2n) is 6.34. The molecule has 8 nitrogen and oxygen atoms in total. The summed E-state index contributed by atoms with van der Waals surface area (Å²) in [6.45, 7) is 0.539. The van der Waals surface area contributed by atoms with Gasteiger partial charge in [-0.1, -0.05) is 18.2 Å². The van der Waals surface area contributed by atoms with Crippen LogP contribution in [0.1, 0.15) is 27.3 Å². The Bertz CT molecular complexity index is 1000. The quantitative estimate of drug-likeness (QED) is 0.385. The zero-order valence-corrected chi connectivity index (χ0v) is 17.3. The number of nitrogens with one attached hydrogen (secondary N) is 1. The predicted octanol–water partition coefficient (Wildman–Crippen LogP) is 4.18. The van der Waals surface area contributed by atoms with Crippen molar-refractivity contribution < 1.29 is 33.0 Å². The first kappa shape index (κ1) is 21.8. The van der Waals surface area contributed by atoms with Gasteiger partial charge in [-0.3, -0.25) is 4.79 Å². The third-order valence-corrected chi connectivity index (χ3v) is 4.27. The number of methoxy groups -OCH3 is 2. The van der Waals surface area contributed by atoms with Gasteiger partial charge in [-0.2, -0.15) is 0 Å². The molecular weight excluding hydrogens is 402 g/mol. The van der Waals surface area contributed by atoms with Crippen molar-refractivity contribution in [2.24, 2.45) is 0 Å². The molecule has 31 heavy (non-hydrogen) atoms. The number of carbonyl (C=O) groups is 2. The maximum absolute atomic E-state index is 12.7. The number of esters is 1. The summed E-state index contributed by atoms with van der Waals surface area (Å²) in [5, 5.41) is 2.65. The lowest BCUT2D eigenvalue weighted by molar-refractivity contribution is 0.0487. The maximum atomic E-state index is 12.7. The Hall–Kier alpha value is -3.94. The Kier molecular flexibility index (Phi) is 7.53. The molecule has 0 bridgehead atoms. The number of carbonyl (C=O) groups excluding carboxylic acids is 2. The largest absolute Gasteiger partial charge is 0.493 e. The van der Waals surface area contributed by atoms with Gasteiger partial charge < -0.3 is 28.7 Å². The van der Waals surface area contributed by atoms with Crippen LogP contribution < -0.4 is 19.5 Å². The molecule has 3 rings (SSSR count). The zero-order chi connectivity index (χ0) is 22.1. The van der Waals surface area contributed by atoms with Crippen LogP contribution in [0.3, 0.4) is 0 Å². The lowest BCUT2D eigenvalue weighted by atomic mass is 10.1. The van der Waals surface area contributed by atoms with Crippen LogP contribution in [-0.4, -0.2) is 39.3 Å². The first-order chi connectivity index (χ1) is 15.1. The molecule has 0 atom stereocenters. The molecule has 1 aromatic heterocycles. The first-order valence-corrected chi connectivity index (χ1v) is 9.58. The van der Waals surface area contributed by atoms with Crippen LogP contribution in [0.15, 0.2) is 65.3 Å². The molecule has 0 spiro atoms. The molecule has 3 aromatic rings.